The van der Waals surface area contributed by atoms with Gasteiger partial charge in [-0.3, -0.25) is 0 Å². The molecule has 0 amide bonds. The van der Waals surface area contributed by atoms with Gasteiger partial charge in [-0.15, -0.1) is 0 Å². The highest BCUT2D eigenvalue weighted by molar-refractivity contribution is 5.72. The Balaban J connectivity index is 1.28. The van der Waals surface area contributed by atoms with Crippen LogP contribution in [0.4, 0.5) is 45.5 Å². The predicted octanol–water partition coefficient (Wildman–Crippen LogP) is 9.49. The molecule has 0 saturated heterocycles. The Bertz CT molecular complexity index is 1290. The lowest BCUT2D eigenvalue weighted by Crippen LogP contribution is -2.18. The fourth-order valence-electron chi connectivity index (χ4n) is 4.67. The zero-order valence-electron chi connectivity index (χ0n) is 22.0. The molecule has 190 valence electrons. The van der Waals surface area contributed by atoms with Crippen LogP contribution in [0.1, 0.15) is 13.8 Å². The van der Waals surface area contributed by atoms with Crippen LogP contribution in [0.5, 0.6) is 0 Å². The lowest BCUT2D eigenvalue weighted by Gasteiger charge is -2.27. The Hall–Kier alpha value is -4.70. The van der Waals surface area contributed by atoms with E-state index in [4.69, 9.17) is 0 Å². The standard InChI is InChI=1S/C34H34N4/c1-3-37(31-19-15-29(16-20-31)35-27-11-7-5-8-12-27)33-23-25-34(26-24-33)38(4-2)32-21-17-30(18-22-32)36-28-13-9-6-10-14-28/h5-26,35-36H,3-4H2,1-2H3. The van der Waals surface area contributed by atoms with Crippen molar-refractivity contribution in [2.75, 3.05) is 33.5 Å². The van der Waals surface area contributed by atoms with Crippen molar-refractivity contribution in [1.82, 2.24) is 0 Å². The van der Waals surface area contributed by atoms with Crippen molar-refractivity contribution in [3.05, 3.63) is 133 Å². The summed E-state index contributed by atoms with van der Waals surface area (Å²) in [4.78, 5) is 4.66. The molecule has 0 aliphatic heterocycles. The molecule has 0 atom stereocenters. The first-order valence-electron chi connectivity index (χ1n) is 13.2. The summed E-state index contributed by atoms with van der Waals surface area (Å²) in [6, 6.07) is 46.6. The second-order valence-electron chi connectivity index (χ2n) is 9.08. The molecule has 0 aromatic heterocycles. The van der Waals surface area contributed by atoms with Crippen LogP contribution >= 0.6 is 0 Å². The van der Waals surface area contributed by atoms with E-state index < -0.39 is 0 Å². The van der Waals surface area contributed by atoms with E-state index in [2.05, 4.69) is 131 Å². The average molecular weight is 499 g/mol. The average Bonchev–Trinajstić information content (AvgIpc) is 2.97. The third-order valence-corrected chi connectivity index (χ3v) is 6.59. The van der Waals surface area contributed by atoms with Crippen molar-refractivity contribution >= 4 is 45.5 Å². The summed E-state index contributed by atoms with van der Waals surface area (Å²) in [5.41, 5.74) is 9.04. The van der Waals surface area contributed by atoms with Crippen LogP contribution in [0, 0.1) is 0 Å². The van der Waals surface area contributed by atoms with Gasteiger partial charge >= 0.3 is 0 Å². The second kappa shape index (κ2) is 12.0. The topological polar surface area (TPSA) is 30.5 Å². The van der Waals surface area contributed by atoms with E-state index in [9.17, 15) is 0 Å². The summed E-state index contributed by atoms with van der Waals surface area (Å²) in [6.07, 6.45) is 0. The third kappa shape index (κ3) is 5.98. The van der Waals surface area contributed by atoms with Gasteiger partial charge in [-0.1, -0.05) is 36.4 Å². The minimum atomic E-state index is 0.887. The number of anilines is 8. The molecule has 5 aromatic rings. The van der Waals surface area contributed by atoms with Gasteiger partial charge in [0.25, 0.3) is 0 Å². The van der Waals surface area contributed by atoms with Gasteiger partial charge in [0.1, 0.15) is 0 Å². The van der Waals surface area contributed by atoms with Gasteiger partial charge in [-0.25, -0.2) is 0 Å². The van der Waals surface area contributed by atoms with Crippen LogP contribution < -0.4 is 20.4 Å². The normalized spacial score (nSPS) is 10.6. The van der Waals surface area contributed by atoms with E-state index in [0.29, 0.717) is 0 Å². The van der Waals surface area contributed by atoms with Crippen LogP contribution in [0.25, 0.3) is 0 Å². The van der Waals surface area contributed by atoms with Gasteiger partial charge in [0.05, 0.1) is 0 Å². The van der Waals surface area contributed by atoms with Gasteiger partial charge in [0.2, 0.25) is 0 Å². The molecular formula is C34H34N4. The molecule has 5 aromatic carbocycles. The van der Waals surface area contributed by atoms with E-state index >= 15 is 0 Å². The van der Waals surface area contributed by atoms with Crippen LogP contribution in [-0.4, -0.2) is 13.1 Å². The van der Waals surface area contributed by atoms with Crippen molar-refractivity contribution in [2.24, 2.45) is 0 Å². The second-order valence-corrected chi connectivity index (χ2v) is 9.08. The number of nitrogens with zero attached hydrogens (tertiary/aromatic N) is 2. The first-order valence-corrected chi connectivity index (χ1v) is 13.2. The molecule has 0 bridgehead atoms. The Kier molecular flexibility index (Phi) is 7.90. The van der Waals surface area contributed by atoms with Crippen molar-refractivity contribution in [3.63, 3.8) is 0 Å². The number of nitrogens with one attached hydrogen (secondary N) is 2. The predicted molar refractivity (Wildman–Crippen MR) is 164 cm³/mol. The van der Waals surface area contributed by atoms with Gasteiger partial charge in [-0.2, -0.15) is 0 Å². The molecule has 4 heteroatoms. The fourth-order valence-corrected chi connectivity index (χ4v) is 4.67. The molecule has 0 unspecified atom stereocenters. The van der Waals surface area contributed by atoms with Crippen LogP contribution in [0.3, 0.4) is 0 Å². The summed E-state index contributed by atoms with van der Waals surface area (Å²) >= 11 is 0. The summed E-state index contributed by atoms with van der Waals surface area (Å²) in [5.74, 6) is 0. The maximum Gasteiger partial charge on any atom is 0.0412 e. The van der Waals surface area contributed by atoms with Gasteiger partial charge in [-0.05, 0) is 111 Å². The van der Waals surface area contributed by atoms with E-state index in [-0.39, 0.29) is 0 Å². The van der Waals surface area contributed by atoms with E-state index in [1.807, 2.05) is 36.4 Å². The summed E-state index contributed by atoms with van der Waals surface area (Å²) in [7, 11) is 0. The highest BCUT2D eigenvalue weighted by Crippen LogP contribution is 2.32. The van der Waals surface area contributed by atoms with Gasteiger partial charge in [0.15, 0.2) is 0 Å². The molecule has 0 fully saturated rings. The Morgan fingerprint density at radius 2 is 0.632 bits per heavy atom. The molecule has 5 rings (SSSR count). The number of rotatable bonds is 10. The molecule has 0 aliphatic carbocycles. The zero-order valence-corrected chi connectivity index (χ0v) is 22.0. The monoisotopic (exact) mass is 498 g/mol. The van der Waals surface area contributed by atoms with Crippen molar-refractivity contribution in [1.29, 1.82) is 0 Å². The summed E-state index contributed by atoms with van der Waals surface area (Å²) < 4.78 is 0. The van der Waals surface area contributed by atoms with Crippen LogP contribution in [0.15, 0.2) is 133 Å². The molecule has 0 aliphatic rings. The smallest absolute Gasteiger partial charge is 0.0412 e. The van der Waals surface area contributed by atoms with E-state index in [0.717, 1.165) is 35.8 Å². The maximum absolute atomic E-state index is 3.46. The van der Waals surface area contributed by atoms with E-state index in [1.54, 1.807) is 0 Å². The Morgan fingerprint density at radius 3 is 0.921 bits per heavy atom. The molecule has 0 radical (unpaired) electrons. The Morgan fingerprint density at radius 1 is 0.368 bits per heavy atom. The van der Waals surface area contributed by atoms with E-state index in [1.165, 1.54) is 22.7 Å². The Labute approximate surface area is 226 Å². The largest absolute Gasteiger partial charge is 0.356 e. The molecular weight excluding hydrogens is 464 g/mol. The maximum atomic E-state index is 3.46. The van der Waals surface area contributed by atoms with Gasteiger partial charge in [0, 0.05) is 58.6 Å². The molecule has 0 heterocycles. The van der Waals surface area contributed by atoms with Crippen molar-refractivity contribution in [3.8, 4) is 0 Å². The first kappa shape index (κ1) is 25.0. The SMILES string of the molecule is CCN(c1ccc(Nc2ccccc2)cc1)c1ccc(N(CC)c2ccc(Nc3ccccc3)cc2)cc1. The number of benzene rings is 5. The quantitative estimate of drug-likeness (QED) is 0.201. The van der Waals surface area contributed by atoms with Crippen LogP contribution in [-0.2, 0) is 0 Å². The molecule has 2 N–H and O–H groups in total. The first-order chi connectivity index (χ1) is 18.7. The molecule has 0 saturated carbocycles. The highest BCUT2D eigenvalue weighted by Gasteiger charge is 2.11. The minimum Gasteiger partial charge on any atom is -0.356 e. The lowest BCUT2D eigenvalue weighted by molar-refractivity contribution is 1.01. The lowest BCUT2D eigenvalue weighted by atomic mass is 10.2. The molecule has 4 nitrogen and oxygen atoms in total. The van der Waals surface area contributed by atoms with Gasteiger partial charge < -0.3 is 20.4 Å². The summed E-state index contributed by atoms with van der Waals surface area (Å²) in [6.45, 7) is 6.15. The van der Waals surface area contributed by atoms with Crippen molar-refractivity contribution < 1.29 is 0 Å². The molecule has 38 heavy (non-hydrogen) atoms. The summed E-state index contributed by atoms with van der Waals surface area (Å²) in [5, 5.41) is 6.91. The minimum absolute atomic E-state index is 0.887. The number of para-hydroxylation sites is 2. The number of hydrogen-bond donors (Lipinski definition) is 2. The highest BCUT2D eigenvalue weighted by atomic mass is 15.1. The molecule has 0 spiro atoms. The third-order valence-electron chi connectivity index (χ3n) is 6.59. The fraction of sp³-hybridized carbons (Fsp3) is 0.118. The zero-order chi connectivity index (χ0) is 26.2. The van der Waals surface area contributed by atoms with Crippen molar-refractivity contribution in [2.45, 2.75) is 13.8 Å². The number of hydrogen-bond acceptors (Lipinski definition) is 4. The van der Waals surface area contributed by atoms with Crippen LogP contribution in [0.2, 0.25) is 0 Å².